The van der Waals surface area contributed by atoms with Crippen LogP contribution in [0.1, 0.15) is 11.1 Å². The van der Waals surface area contributed by atoms with Crippen molar-refractivity contribution in [3.05, 3.63) is 118 Å². The molecule has 1 aliphatic rings. The summed E-state index contributed by atoms with van der Waals surface area (Å²) in [5, 5.41) is 61.1. The number of carbonyl (C=O) groups excluding carboxylic acids is 2. The van der Waals surface area contributed by atoms with E-state index in [1.807, 2.05) is 0 Å². The predicted octanol–water partition coefficient (Wildman–Crippen LogP) is 4.00. The van der Waals surface area contributed by atoms with Crippen LogP contribution >= 0.6 is 0 Å². The number of methoxy groups -OCH3 is 1. The molecular weight excluding hydrogens is 720 g/mol. The van der Waals surface area contributed by atoms with Crippen molar-refractivity contribution in [3.63, 3.8) is 0 Å². The highest BCUT2D eigenvalue weighted by Crippen LogP contribution is 2.37. The Morgan fingerprint density at radius 1 is 0.745 bits per heavy atom. The van der Waals surface area contributed by atoms with Crippen LogP contribution in [-0.4, -0.2) is 87.0 Å². The molecule has 5 unspecified atom stereocenters. The van der Waals surface area contributed by atoms with Crippen molar-refractivity contribution < 1.29 is 68.3 Å². The van der Waals surface area contributed by atoms with Crippen molar-refractivity contribution in [2.75, 3.05) is 13.7 Å². The number of ether oxygens (including phenoxy) is 5. The second-order valence-electron chi connectivity index (χ2n) is 12.2. The molecule has 15 heteroatoms. The van der Waals surface area contributed by atoms with Crippen LogP contribution in [0.2, 0.25) is 0 Å². The summed E-state index contributed by atoms with van der Waals surface area (Å²) in [4.78, 5) is 38.3. The first-order chi connectivity index (χ1) is 26.4. The number of benzene rings is 4. The second kappa shape index (κ2) is 16.5. The summed E-state index contributed by atoms with van der Waals surface area (Å²) in [6.45, 7) is -0.555. The van der Waals surface area contributed by atoms with Gasteiger partial charge < -0.3 is 58.7 Å². The van der Waals surface area contributed by atoms with E-state index < -0.39 is 60.4 Å². The standard InChI is InChI=1S/C40H34O15/c1-50-31-16-23(30-19-28(45)36-27(44)17-26(43)18-32(36)52-30)8-13-29(31)53-40-39(55-35(47)15-7-22-4-11-25(42)12-5-22)38(49)37(48)33(54-40)20-51-34(46)14-6-21-2-9-24(41)10-3-21/h2-19,33,37-44,48-49H,20H2,1H3. The summed E-state index contributed by atoms with van der Waals surface area (Å²) in [6, 6.07) is 19.6. The molecule has 1 saturated heterocycles. The molecule has 55 heavy (non-hydrogen) atoms. The fraction of sp³-hybridized carbons (Fsp3) is 0.175. The van der Waals surface area contributed by atoms with Gasteiger partial charge in [-0.05, 0) is 65.7 Å². The fourth-order valence-corrected chi connectivity index (χ4v) is 5.59. The van der Waals surface area contributed by atoms with Crippen LogP contribution < -0.4 is 14.9 Å². The van der Waals surface area contributed by atoms with Gasteiger partial charge in [0.15, 0.2) is 23.0 Å². The van der Waals surface area contributed by atoms with Crippen LogP contribution in [0, 0.1) is 0 Å². The van der Waals surface area contributed by atoms with Gasteiger partial charge in [-0.1, -0.05) is 24.3 Å². The Balaban J connectivity index is 1.24. The molecule has 284 valence electrons. The largest absolute Gasteiger partial charge is 0.508 e. The molecule has 0 saturated carbocycles. The minimum absolute atomic E-state index is 0.00785. The molecule has 1 fully saturated rings. The van der Waals surface area contributed by atoms with Crippen molar-refractivity contribution in [2.45, 2.75) is 30.7 Å². The van der Waals surface area contributed by atoms with Crippen molar-refractivity contribution >= 4 is 35.1 Å². The number of hydrogen-bond acceptors (Lipinski definition) is 15. The maximum Gasteiger partial charge on any atom is 0.331 e. The number of aromatic hydroxyl groups is 4. The molecule has 4 aromatic carbocycles. The molecule has 0 amide bonds. The van der Waals surface area contributed by atoms with Gasteiger partial charge in [-0.25, -0.2) is 9.59 Å². The number of phenols is 4. The van der Waals surface area contributed by atoms with E-state index in [1.54, 1.807) is 24.3 Å². The molecule has 1 aliphatic heterocycles. The van der Waals surface area contributed by atoms with Crippen LogP contribution in [0.5, 0.6) is 34.5 Å². The number of esters is 2. The van der Waals surface area contributed by atoms with E-state index in [9.17, 15) is 45.0 Å². The number of aliphatic hydroxyl groups is 2. The molecule has 0 spiro atoms. The summed E-state index contributed by atoms with van der Waals surface area (Å²) in [5.41, 5.74) is 0.804. The van der Waals surface area contributed by atoms with Crippen molar-refractivity contribution in [1.29, 1.82) is 0 Å². The number of phenolic OH excluding ortho intramolecular Hbond substituents is 4. The van der Waals surface area contributed by atoms with Gasteiger partial charge in [0.25, 0.3) is 0 Å². The monoisotopic (exact) mass is 754 g/mol. The first-order valence-corrected chi connectivity index (χ1v) is 16.6. The fourth-order valence-electron chi connectivity index (χ4n) is 5.59. The SMILES string of the molecule is COc1cc(-c2cc(=O)c3c(O)cc(O)cc3o2)ccc1OC1OC(COC(=O)C=Cc2ccc(O)cc2)C(O)C(O)C1OC(=O)C=Cc1ccc(O)cc1. The third kappa shape index (κ3) is 9.05. The summed E-state index contributed by atoms with van der Waals surface area (Å²) >= 11 is 0. The number of rotatable bonds is 11. The van der Waals surface area contributed by atoms with Gasteiger partial charge in [0, 0.05) is 35.9 Å². The smallest absolute Gasteiger partial charge is 0.331 e. The summed E-state index contributed by atoms with van der Waals surface area (Å²) in [7, 11) is 1.32. The molecule has 0 bridgehead atoms. The second-order valence-corrected chi connectivity index (χ2v) is 12.2. The Morgan fingerprint density at radius 2 is 1.38 bits per heavy atom. The lowest BCUT2D eigenvalue weighted by molar-refractivity contribution is -0.282. The van der Waals surface area contributed by atoms with Gasteiger partial charge in [0.05, 0.1) is 7.11 Å². The van der Waals surface area contributed by atoms with E-state index in [0.29, 0.717) is 16.7 Å². The van der Waals surface area contributed by atoms with Crippen molar-refractivity contribution in [3.8, 4) is 45.8 Å². The molecule has 0 aliphatic carbocycles. The number of hydrogen-bond donors (Lipinski definition) is 6. The molecule has 2 heterocycles. The lowest BCUT2D eigenvalue weighted by Gasteiger charge is -2.41. The van der Waals surface area contributed by atoms with Crippen LogP contribution in [0.25, 0.3) is 34.4 Å². The Morgan fingerprint density at radius 3 is 2.02 bits per heavy atom. The summed E-state index contributed by atoms with van der Waals surface area (Å²) in [5.74, 6) is -2.37. The first-order valence-electron chi connectivity index (χ1n) is 16.6. The van der Waals surface area contributed by atoms with Gasteiger partial charge >= 0.3 is 11.9 Å². The topological polar surface area (TPSA) is 232 Å². The molecule has 6 N–H and O–H groups in total. The maximum atomic E-state index is 12.9. The number of carbonyl (C=O) groups is 2. The highest BCUT2D eigenvalue weighted by molar-refractivity contribution is 5.88. The number of aliphatic hydroxyl groups excluding tert-OH is 2. The molecule has 15 nitrogen and oxygen atoms in total. The highest BCUT2D eigenvalue weighted by Gasteiger charge is 2.48. The van der Waals surface area contributed by atoms with Gasteiger partial charge in [0.2, 0.25) is 6.29 Å². The average Bonchev–Trinajstić information content (AvgIpc) is 3.16. The average molecular weight is 755 g/mol. The molecule has 6 rings (SSSR count). The summed E-state index contributed by atoms with van der Waals surface area (Å²) in [6.07, 6.45) is -3.17. The summed E-state index contributed by atoms with van der Waals surface area (Å²) < 4.78 is 34.1. The maximum absolute atomic E-state index is 12.9. The van der Waals surface area contributed by atoms with E-state index in [0.717, 1.165) is 24.3 Å². The highest BCUT2D eigenvalue weighted by atomic mass is 16.7. The lowest BCUT2D eigenvalue weighted by Crippen LogP contribution is -2.61. The third-order valence-electron chi connectivity index (χ3n) is 8.38. The van der Waals surface area contributed by atoms with Crippen molar-refractivity contribution in [2.24, 2.45) is 0 Å². The predicted molar refractivity (Wildman–Crippen MR) is 194 cm³/mol. The van der Waals surface area contributed by atoms with E-state index >= 15 is 0 Å². The minimum atomic E-state index is -1.81. The van der Waals surface area contributed by atoms with E-state index in [4.69, 9.17) is 28.1 Å². The minimum Gasteiger partial charge on any atom is -0.508 e. The molecule has 5 atom stereocenters. The van der Waals surface area contributed by atoms with Crippen LogP contribution in [0.4, 0.5) is 0 Å². The third-order valence-corrected chi connectivity index (χ3v) is 8.38. The van der Waals surface area contributed by atoms with Crippen molar-refractivity contribution in [1.82, 2.24) is 0 Å². The molecular formula is C40H34O15. The van der Waals surface area contributed by atoms with Crippen LogP contribution in [-0.2, 0) is 23.8 Å². The Hall–Kier alpha value is -6.81. The van der Waals surface area contributed by atoms with E-state index in [-0.39, 0.29) is 45.5 Å². The normalized spacial score (nSPS) is 19.7. The number of fused-ring (bicyclic) bond motifs is 1. The van der Waals surface area contributed by atoms with Gasteiger partial charge in [-0.2, -0.15) is 0 Å². The zero-order valence-corrected chi connectivity index (χ0v) is 28.8. The zero-order chi connectivity index (χ0) is 39.2. The molecule has 0 radical (unpaired) electrons. The van der Waals surface area contributed by atoms with Gasteiger partial charge in [-0.15, -0.1) is 0 Å². The van der Waals surface area contributed by atoms with Gasteiger partial charge in [-0.3, -0.25) is 4.79 Å². The zero-order valence-electron chi connectivity index (χ0n) is 28.8. The molecule has 5 aromatic rings. The van der Waals surface area contributed by atoms with Crippen LogP contribution in [0.15, 0.2) is 106 Å². The Labute approximate surface area is 311 Å². The lowest BCUT2D eigenvalue weighted by atomic mass is 9.99. The molecule has 1 aromatic heterocycles. The van der Waals surface area contributed by atoms with E-state index in [2.05, 4.69) is 0 Å². The van der Waals surface area contributed by atoms with Crippen LogP contribution in [0.3, 0.4) is 0 Å². The van der Waals surface area contributed by atoms with Gasteiger partial charge in [0.1, 0.15) is 64.6 Å². The Kier molecular flexibility index (Phi) is 11.4. The van der Waals surface area contributed by atoms with E-state index in [1.165, 1.54) is 67.8 Å². The first kappa shape index (κ1) is 37.9. The Bertz CT molecular complexity index is 2290. The quantitative estimate of drug-likeness (QED) is 0.0827.